The van der Waals surface area contributed by atoms with E-state index in [-0.39, 0.29) is 11.6 Å². The average molecular weight is 176 g/mol. The number of pyridine rings is 1. The number of hydrogen-bond acceptors (Lipinski definition) is 6. The van der Waals surface area contributed by atoms with E-state index >= 15 is 0 Å². The predicted octanol–water partition coefficient (Wildman–Crippen LogP) is 1.13. The van der Waals surface area contributed by atoms with Crippen LogP contribution in [0.1, 0.15) is 0 Å². The number of hydrogen-bond donors (Lipinski definition) is 1. The largest absolute Gasteiger partial charge is 0.504 e. The van der Waals surface area contributed by atoms with Crippen LogP contribution in [0.2, 0.25) is 0 Å². The third-order valence-electron chi connectivity index (χ3n) is 1.54. The molecule has 2 rings (SSSR count). The van der Waals surface area contributed by atoms with Crippen molar-refractivity contribution in [2.24, 2.45) is 5.18 Å². The fourth-order valence-corrected chi connectivity index (χ4v) is 0.962. The summed E-state index contributed by atoms with van der Waals surface area (Å²) in [6.45, 7) is 0. The van der Waals surface area contributed by atoms with Crippen molar-refractivity contribution in [3.05, 3.63) is 23.5 Å². The van der Waals surface area contributed by atoms with Gasteiger partial charge in [-0.2, -0.15) is 0 Å². The van der Waals surface area contributed by atoms with Crippen molar-refractivity contribution in [2.75, 3.05) is 0 Å². The summed E-state index contributed by atoms with van der Waals surface area (Å²) < 4.78 is 0. The number of fused-ring (bicyclic) bond motifs is 1. The second-order valence-electron chi connectivity index (χ2n) is 2.35. The molecule has 2 aromatic rings. The van der Waals surface area contributed by atoms with Gasteiger partial charge >= 0.3 is 0 Å². The Hall–Kier alpha value is -2.11. The fraction of sp³-hybridized carbons (Fsp3) is 0. The summed E-state index contributed by atoms with van der Waals surface area (Å²) in [5, 5.41) is 11.7. The molecule has 0 bridgehead atoms. The van der Waals surface area contributed by atoms with Gasteiger partial charge in [-0.3, -0.25) is 0 Å². The molecular weight excluding hydrogens is 172 g/mol. The monoisotopic (exact) mass is 176 g/mol. The van der Waals surface area contributed by atoms with Gasteiger partial charge in [0.15, 0.2) is 5.75 Å². The minimum atomic E-state index is -0.277. The van der Waals surface area contributed by atoms with Gasteiger partial charge in [-0.25, -0.2) is 15.0 Å². The van der Waals surface area contributed by atoms with Gasteiger partial charge in [-0.15, -0.1) is 4.91 Å². The maximum absolute atomic E-state index is 10.2. The van der Waals surface area contributed by atoms with E-state index in [1.54, 1.807) is 0 Å². The molecule has 6 nitrogen and oxygen atoms in total. The van der Waals surface area contributed by atoms with Crippen LogP contribution in [0.5, 0.6) is 5.75 Å². The maximum atomic E-state index is 10.2. The van der Waals surface area contributed by atoms with E-state index in [1.807, 2.05) is 0 Å². The van der Waals surface area contributed by atoms with Crippen molar-refractivity contribution >= 4 is 16.9 Å². The fourth-order valence-electron chi connectivity index (χ4n) is 0.962. The van der Waals surface area contributed by atoms with Crippen LogP contribution in [0.4, 0.5) is 5.82 Å². The van der Waals surface area contributed by atoms with Crippen LogP contribution < -0.4 is 0 Å². The van der Waals surface area contributed by atoms with Crippen LogP contribution in [0.25, 0.3) is 11.0 Å². The molecular formula is C7H4N4O2. The second-order valence-corrected chi connectivity index (χ2v) is 2.35. The maximum Gasteiger partial charge on any atom is 0.239 e. The summed E-state index contributed by atoms with van der Waals surface area (Å²) in [6, 6.07) is 1.32. The summed E-state index contributed by atoms with van der Waals surface area (Å²) in [5.74, 6) is -0.525. The van der Waals surface area contributed by atoms with Crippen molar-refractivity contribution in [2.45, 2.75) is 0 Å². The van der Waals surface area contributed by atoms with Crippen LogP contribution in [0, 0.1) is 4.91 Å². The lowest BCUT2D eigenvalue weighted by atomic mass is 10.3. The van der Waals surface area contributed by atoms with E-state index in [0.29, 0.717) is 11.0 Å². The number of nitroso groups, excluding NO2 is 1. The molecule has 0 atom stereocenters. The van der Waals surface area contributed by atoms with Gasteiger partial charge in [-0.05, 0) is 5.18 Å². The van der Waals surface area contributed by atoms with Crippen LogP contribution >= 0.6 is 0 Å². The van der Waals surface area contributed by atoms with Crippen molar-refractivity contribution < 1.29 is 5.11 Å². The van der Waals surface area contributed by atoms with Crippen molar-refractivity contribution in [3.63, 3.8) is 0 Å². The lowest BCUT2D eigenvalue weighted by molar-refractivity contribution is 0.475. The highest BCUT2D eigenvalue weighted by Gasteiger charge is 2.05. The van der Waals surface area contributed by atoms with Gasteiger partial charge in [0.1, 0.15) is 11.8 Å². The molecule has 0 unspecified atom stereocenters. The van der Waals surface area contributed by atoms with Crippen LogP contribution in [-0.4, -0.2) is 20.1 Å². The molecule has 0 aliphatic carbocycles. The first-order valence-corrected chi connectivity index (χ1v) is 3.44. The molecule has 6 heteroatoms. The lowest BCUT2D eigenvalue weighted by Gasteiger charge is -1.97. The molecule has 64 valence electrons. The summed E-state index contributed by atoms with van der Waals surface area (Å²) in [6.07, 6.45) is 2.77. The first-order chi connectivity index (χ1) is 6.31. The van der Waals surface area contributed by atoms with Crippen molar-refractivity contribution in [3.8, 4) is 5.75 Å². The smallest absolute Gasteiger partial charge is 0.239 e. The Kier molecular flexibility index (Phi) is 1.59. The zero-order valence-electron chi connectivity index (χ0n) is 6.38. The zero-order chi connectivity index (χ0) is 9.26. The Morgan fingerprint density at radius 3 is 3.00 bits per heavy atom. The van der Waals surface area contributed by atoms with E-state index in [0.717, 1.165) is 0 Å². The van der Waals surface area contributed by atoms with E-state index < -0.39 is 0 Å². The minimum Gasteiger partial charge on any atom is -0.504 e. The summed E-state index contributed by atoms with van der Waals surface area (Å²) >= 11 is 0. The Labute approximate surface area is 72.3 Å². The molecule has 0 saturated heterocycles. The van der Waals surface area contributed by atoms with Crippen LogP contribution in [-0.2, 0) is 0 Å². The molecule has 0 aliphatic rings. The highest BCUT2D eigenvalue weighted by Crippen LogP contribution is 2.25. The predicted molar refractivity (Wildman–Crippen MR) is 44.5 cm³/mol. The summed E-state index contributed by atoms with van der Waals surface area (Å²) in [4.78, 5) is 21.5. The SMILES string of the molecule is O=Nc1nc2cncnc2cc1O. The van der Waals surface area contributed by atoms with Crippen LogP contribution in [0.3, 0.4) is 0 Å². The third-order valence-corrected chi connectivity index (χ3v) is 1.54. The average Bonchev–Trinajstić information content (AvgIpc) is 2.17. The number of nitrogens with zero attached hydrogens (tertiary/aromatic N) is 4. The molecule has 0 fully saturated rings. The lowest BCUT2D eigenvalue weighted by Crippen LogP contribution is -1.84. The first kappa shape index (κ1) is 7.53. The summed E-state index contributed by atoms with van der Waals surface area (Å²) in [7, 11) is 0. The molecule has 0 amide bonds. The van der Waals surface area contributed by atoms with Gasteiger partial charge in [0.2, 0.25) is 5.82 Å². The summed E-state index contributed by atoms with van der Waals surface area (Å²) in [5.41, 5.74) is 0.898. The van der Waals surface area contributed by atoms with E-state index in [9.17, 15) is 10.0 Å². The van der Waals surface area contributed by atoms with Crippen molar-refractivity contribution in [1.29, 1.82) is 0 Å². The van der Waals surface area contributed by atoms with Gasteiger partial charge in [0.05, 0.1) is 11.7 Å². The Morgan fingerprint density at radius 2 is 2.23 bits per heavy atom. The number of rotatable bonds is 1. The topological polar surface area (TPSA) is 88.3 Å². The quantitative estimate of drug-likeness (QED) is 0.658. The molecule has 0 saturated carbocycles. The van der Waals surface area contributed by atoms with Gasteiger partial charge in [0.25, 0.3) is 0 Å². The molecule has 1 N–H and O–H groups in total. The minimum absolute atomic E-state index is 0.248. The Bertz CT molecular complexity index is 471. The van der Waals surface area contributed by atoms with Gasteiger partial charge in [0, 0.05) is 6.07 Å². The molecule has 2 heterocycles. The normalized spacial score (nSPS) is 10.2. The Morgan fingerprint density at radius 1 is 1.38 bits per heavy atom. The van der Waals surface area contributed by atoms with Gasteiger partial charge in [-0.1, -0.05) is 0 Å². The van der Waals surface area contributed by atoms with E-state index in [4.69, 9.17) is 0 Å². The molecule has 0 aliphatic heterocycles. The second kappa shape index (κ2) is 2.74. The molecule has 2 aromatic heterocycles. The molecule has 0 radical (unpaired) electrons. The molecule has 0 aromatic carbocycles. The number of aromatic nitrogens is 3. The number of aromatic hydroxyl groups is 1. The van der Waals surface area contributed by atoms with E-state index in [2.05, 4.69) is 20.1 Å². The van der Waals surface area contributed by atoms with Crippen molar-refractivity contribution in [1.82, 2.24) is 15.0 Å². The Balaban J connectivity index is 2.81. The highest BCUT2D eigenvalue weighted by atomic mass is 16.3. The first-order valence-electron chi connectivity index (χ1n) is 3.44. The van der Waals surface area contributed by atoms with Crippen LogP contribution in [0.15, 0.2) is 23.8 Å². The zero-order valence-corrected chi connectivity index (χ0v) is 6.38. The van der Waals surface area contributed by atoms with Gasteiger partial charge < -0.3 is 5.11 Å². The van der Waals surface area contributed by atoms with E-state index in [1.165, 1.54) is 18.6 Å². The highest BCUT2D eigenvalue weighted by molar-refractivity contribution is 5.77. The standard InChI is InChI=1S/C7H4N4O2/c12-6-1-4-5(2-8-3-9-4)10-7(6)11-13/h1-3,12H. The molecule has 0 spiro atoms. The third kappa shape index (κ3) is 1.18. The molecule has 13 heavy (non-hydrogen) atoms.